The van der Waals surface area contributed by atoms with Gasteiger partial charge in [-0.3, -0.25) is 9.36 Å². The van der Waals surface area contributed by atoms with Crippen molar-refractivity contribution >= 4 is 34.7 Å². The number of nitrogens with zero attached hydrogens (tertiary/aromatic N) is 3. The number of aliphatic hydroxyl groups is 1. The van der Waals surface area contributed by atoms with Crippen molar-refractivity contribution in [2.75, 3.05) is 0 Å². The molecule has 2 aromatic heterocycles. The molecule has 0 spiro atoms. The Bertz CT molecular complexity index is 1250. The van der Waals surface area contributed by atoms with Crippen LogP contribution in [0.1, 0.15) is 56.7 Å². The van der Waals surface area contributed by atoms with E-state index in [1.165, 1.54) is 0 Å². The lowest BCUT2D eigenvalue weighted by molar-refractivity contribution is 0.0735. The maximum Gasteiger partial charge on any atom is 0.261 e. The van der Waals surface area contributed by atoms with Crippen LogP contribution in [0.3, 0.4) is 0 Å². The summed E-state index contributed by atoms with van der Waals surface area (Å²) in [5.74, 6) is 0. The monoisotopic (exact) mass is 423 g/mol. The van der Waals surface area contributed by atoms with Crippen LogP contribution in [0.25, 0.3) is 23.1 Å². The fraction of sp³-hybridized carbons (Fsp3) is 0.375. The molecule has 0 aliphatic heterocycles. The van der Waals surface area contributed by atoms with Gasteiger partial charge >= 0.3 is 0 Å². The second-order valence-corrected chi connectivity index (χ2v) is 8.27. The van der Waals surface area contributed by atoms with E-state index in [1.807, 2.05) is 32.1 Å². The lowest BCUT2D eigenvalue weighted by atomic mass is 9.92. The van der Waals surface area contributed by atoms with E-state index in [1.54, 1.807) is 23.2 Å². The Hall–Kier alpha value is -2.50. The Labute approximate surface area is 180 Å². The third-order valence-electron chi connectivity index (χ3n) is 6.05. The first kappa shape index (κ1) is 20.8. The second kappa shape index (κ2) is 8.70. The van der Waals surface area contributed by atoms with E-state index in [2.05, 4.69) is 16.0 Å². The second-order valence-electron chi connectivity index (χ2n) is 7.88. The molecule has 1 saturated carbocycles. The van der Waals surface area contributed by atoms with Gasteiger partial charge in [0.15, 0.2) is 0 Å². The molecule has 1 aromatic carbocycles. The van der Waals surface area contributed by atoms with Crippen molar-refractivity contribution in [3.8, 4) is 0 Å². The molecular weight excluding hydrogens is 398 g/mol. The van der Waals surface area contributed by atoms with Crippen molar-refractivity contribution in [2.24, 2.45) is 0 Å². The summed E-state index contributed by atoms with van der Waals surface area (Å²) in [6.45, 7) is 3.96. The molecular formula is C24H26ClN3O2. The van der Waals surface area contributed by atoms with Crippen LogP contribution < -0.4 is 16.0 Å². The predicted octanol–water partition coefficient (Wildman–Crippen LogP) is 3.11. The first-order chi connectivity index (χ1) is 14.5. The fourth-order valence-corrected chi connectivity index (χ4v) is 4.65. The number of benzene rings is 1. The van der Waals surface area contributed by atoms with Crippen LogP contribution in [-0.4, -0.2) is 25.7 Å². The number of pyridine rings is 1. The molecule has 2 atom stereocenters. The minimum atomic E-state index is -0.504. The molecule has 0 amide bonds. The van der Waals surface area contributed by atoms with Gasteiger partial charge in [-0.05, 0) is 61.6 Å². The van der Waals surface area contributed by atoms with Gasteiger partial charge in [-0.25, -0.2) is 9.97 Å². The van der Waals surface area contributed by atoms with Crippen LogP contribution in [0, 0.1) is 0 Å². The van der Waals surface area contributed by atoms with E-state index in [0.29, 0.717) is 22.5 Å². The highest BCUT2D eigenvalue weighted by Crippen LogP contribution is 2.27. The van der Waals surface area contributed by atoms with Crippen LogP contribution in [0.5, 0.6) is 0 Å². The summed E-state index contributed by atoms with van der Waals surface area (Å²) in [6, 6.07) is 5.47. The molecule has 1 aliphatic carbocycles. The molecule has 3 aromatic rings. The van der Waals surface area contributed by atoms with Crippen molar-refractivity contribution < 1.29 is 5.11 Å². The summed E-state index contributed by atoms with van der Waals surface area (Å²) in [6.07, 6.45) is 11.1. The van der Waals surface area contributed by atoms with E-state index in [0.717, 1.165) is 47.2 Å². The van der Waals surface area contributed by atoms with Gasteiger partial charge in [0, 0.05) is 11.4 Å². The van der Waals surface area contributed by atoms with Crippen molar-refractivity contribution in [3.63, 3.8) is 0 Å². The SMILES string of the molecule is CC=c1c(Cc2ccc(Cl)nc2)cc2c(=O)n(C3CCCCC3O)cnc2c1=CC. The summed E-state index contributed by atoms with van der Waals surface area (Å²) in [4.78, 5) is 22.3. The normalized spacial score (nSPS) is 20.8. The molecule has 1 fully saturated rings. The van der Waals surface area contributed by atoms with E-state index in [9.17, 15) is 9.90 Å². The highest BCUT2D eigenvalue weighted by molar-refractivity contribution is 6.29. The number of rotatable bonds is 3. The van der Waals surface area contributed by atoms with Crippen LogP contribution in [0.4, 0.5) is 0 Å². The molecule has 0 bridgehead atoms. The van der Waals surface area contributed by atoms with Crippen molar-refractivity contribution in [1.29, 1.82) is 0 Å². The molecule has 2 unspecified atom stereocenters. The van der Waals surface area contributed by atoms with Crippen molar-refractivity contribution in [1.82, 2.24) is 14.5 Å². The summed E-state index contributed by atoms with van der Waals surface area (Å²) in [5, 5.41) is 13.5. The number of hydrogen-bond acceptors (Lipinski definition) is 4. The Morgan fingerprint density at radius 2 is 1.93 bits per heavy atom. The quantitative estimate of drug-likeness (QED) is 0.657. The Morgan fingerprint density at radius 3 is 2.60 bits per heavy atom. The van der Waals surface area contributed by atoms with Gasteiger partial charge in [0.1, 0.15) is 5.15 Å². The van der Waals surface area contributed by atoms with E-state index < -0.39 is 6.10 Å². The van der Waals surface area contributed by atoms with Gasteiger partial charge in [-0.2, -0.15) is 0 Å². The molecule has 5 nitrogen and oxygen atoms in total. The third kappa shape index (κ3) is 3.80. The molecule has 4 rings (SSSR count). The van der Waals surface area contributed by atoms with Crippen molar-refractivity contribution in [3.05, 3.63) is 67.8 Å². The molecule has 30 heavy (non-hydrogen) atoms. The molecule has 0 radical (unpaired) electrons. The summed E-state index contributed by atoms with van der Waals surface area (Å²) < 4.78 is 1.63. The average Bonchev–Trinajstić information content (AvgIpc) is 2.75. The Morgan fingerprint density at radius 1 is 1.17 bits per heavy atom. The Balaban J connectivity index is 1.92. The number of halogens is 1. The molecule has 6 heteroatoms. The van der Waals surface area contributed by atoms with Gasteiger partial charge in [-0.1, -0.05) is 42.7 Å². The molecule has 156 valence electrons. The smallest absolute Gasteiger partial charge is 0.261 e. The van der Waals surface area contributed by atoms with E-state index in [4.69, 9.17) is 11.6 Å². The highest BCUT2D eigenvalue weighted by Gasteiger charge is 2.26. The van der Waals surface area contributed by atoms with Crippen LogP contribution in [-0.2, 0) is 6.42 Å². The van der Waals surface area contributed by atoms with Crippen molar-refractivity contribution in [2.45, 2.75) is 58.1 Å². The number of aliphatic hydroxyl groups excluding tert-OH is 1. The topological polar surface area (TPSA) is 68.0 Å². The molecule has 1 N–H and O–H groups in total. The first-order valence-electron chi connectivity index (χ1n) is 10.5. The largest absolute Gasteiger partial charge is 0.391 e. The standard InChI is InChI=1S/C24H26ClN3O2/c1-3-17-16(11-15-9-10-22(25)26-13-15)12-19-23(18(17)4-2)27-14-28(24(19)30)20-7-5-6-8-21(20)29/h3-4,9-10,12-14,20-21,29H,5-8,11H2,1-2H3. The number of hydrogen-bond donors (Lipinski definition) is 1. The number of fused-ring (bicyclic) bond motifs is 1. The zero-order valence-corrected chi connectivity index (χ0v) is 18.1. The average molecular weight is 424 g/mol. The lowest BCUT2D eigenvalue weighted by Gasteiger charge is -2.29. The van der Waals surface area contributed by atoms with E-state index >= 15 is 0 Å². The predicted molar refractivity (Wildman–Crippen MR) is 121 cm³/mol. The minimum Gasteiger partial charge on any atom is -0.391 e. The van der Waals surface area contributed by atoms with Crippen LogP contribution >= 0.6 is 11.6 Å². The molecule has 1 aliphatic rings. The zero-order chi connectivity index (χ0) is 21.3. The van der Waals surface area contributed by atoms with E-state index in [-0.39, 0.29) is 11.6 Å². The molecule has 2 heterocycles. The summed E-state index contributed by atoms with van der Waals surface area (Å²) >= 11 is 5.93. The maximum atomic E-state index is 13.4. The summed E-state index contributed by atoms with van der Waals surface area (Å²) in [5.41, 5.74) is 2.68. The third-order valence-corrected chi connectivity index (χ3v) is 6.28. The maximum absolute atomic E-state index is 13.4. The van der Waals surface area contributed by atoms with Gasteiger partial charge in [0.05, 0.1) is 29.4 Å². The van der Waals surface area contributed by atoms with Crippen LogP contribution in [0.2, 0.25) is 5.15 Å². The van der Waals surface area contributed by atoms with Gasteiger partial charge < -0.3 is 5.11 Å². The van der Waals surface area contributed by atoms with Gasteiger partial charge in [0.2, 0.25) is 0 Å². The highest BCUT2D eigenvalue weighted by atomic mass is 35.5. The zero-order valence-electron chi connectivity index (χ0n) is 17.3. The Kier molecular flexibility index (Phi) is 6.02. The summed E-state index contributed by atoms with van der Waals surface area (Å²) in [7, 11) is 0. The minimum absolute atomic E-state index is 0.0906. The fourth-order valence-electron chi connectivity index (χ4n) is 4.54. The van der Waals surface area contributed by atoms with Gasteiger partial charge in [-0.15, -0.1) is 0 Å². The van der Waals surface area contributed by atoms with Crippen LogP contribution in [0.15, 0.2) is 35.5 Å². The lowest BCUT2D eigenvalue weighted by Crippen LogP contribution is -2.37. The van der Waals surface area contributed by atoms with Gasteiger partial charge in [0.25, 0.3) is 5.56 Å². The number of aromatic nitrogens is 3. The first-order valence-corrected chi connectivity index (χ1v) is 10.8. The molecule has 0 saturated heterocycles.